The minimum absolute atomic E-state index is 0.0206. The van der Waals surface area contributed by atoms with Crippen molar-refractivity contribution in [2.75, 3.05) is 6.61 Å². The van der Waals surface area contributed by atoms with Gasteiger partial charge in [-0.15, -0.1) is 0 Å². The Morgan fingerprint density at radius 1 is 1.52 bits per heavy atom. The maximum atomic E-state index is 14.0. The van der Waals surface area contributed by atoms with E-state index in [0.29, 0.717) is 12.2 Å². The Labute approximate surface area is 123 Å². The third-order valence-electron chi connectivity index (χ3n) is 4.34. The van der Waals surface area contributed by atoms with Crippen molar-refractivity contribution < 1.29 is 14.1 Å². The topological polar surface area (TPSA) is 64.4 Å². The normalized spacial score (nSPS) is 23.6. The summed E-state index contributed by atoms with van der Waals surface area (Å²) in [7, 11) is 0. The maximum Gasteiger partial charge on any atom is 0.305 e. The Morgan fingerprint density at radius 3 is 2.81 bits per heavy atom. The fraction of sp³-hybridized carbons (Fsp3) is 0.600. The van der Waals surface area contributed by atoms with Crippen LogP contribution < -0.4 is 5.32 Å². The highest BCUT2D eigenvalue weighted by molar-refractivity contribution is 5.36. The van der Waals surface area contributed by atoms with Gasteiger partial charge in [0.1, 0.15) is 0 Å². The van der Waals surface area contributed by atoms with Gasteiger partial charge in [0.15, 0.2) is 0 Å². The zero-order valence-electron chi connectivity index (χ0n) is 12.6. The van der Waals surface area contributed by atoms with Gasteiger partial charge >= 0.3 is 5.69 Å². The third kappa shape index (κ3) is 3.06. The van der Waals surface area contributed by atoms with E-state index in [1.807, 2.05) is 6.92 Å². The first-order valence-electron chi connectivity index (χ1n) is 7.14. The molecule has 1 saturated carbocycles. The highest BCUT2D eigenvalue weighted by Gasteiger charge is 2.48. The molecule has 0 spiro atoms. The molecular weight excluding hydrogens is 275 g/mol. The molecule has 0 radical (unpaired) electrons. The van der Waals surface area contributed by atoms with Gasteiger partial charge in [0.2, 0.25) is 5.82 Å². The molecule has 0 saturated heterocycles. The first-order chi connectivity index (χ1) is 9.87. The molecule has 1 aromatic rings. The number of hydrogen-bond acceptors (Lipinski definition) is 4. The molecule has 21 heavy (non-hydrogen) atoms. The number of hydrogen-bond donors (Lipinski definition) is 1. The first kappa shape index (κ1) is 15.9. The average molecular weight is 296 g/mol. The van der Waals surface area contributed by atoms with Crippen molar-refractivity contribution in [2.24, 2.45) is 5.41 Å². The van der Waals surface area contributed by atoms with Crippen LogP contribution in [0.25, 0.3) is 0 Å². The molecule has 2 atom stereocenters. The van der Waals surface area contributed by atoms with E-state index in [4.69, 9.17) is 4.74 Å². The van der Waals surface area contributed by atoms with Gasteiger partial charge < -0.3 is 10.1 Å². The number of benzene rings is 1. The number of nitrogens with zero attached hydrogens (tertiary/aromatic N) is 1. The molecule has 5 nitrogen and oxygen atoms in total. The number of nitro groups is 1. The second kappa shape index (κ2) is 6.07. The highest BCUT2D eigenvalue weighted by Crippen LogP contribution is 2.42. The Balaban J connectivity index is 1.99. The van der Waals surface area contributed by atoms with Gasteiger partial charge in [-0.1, -0.05) is 26.0 Å². The zero-order valence-corrected chi connectivity index (χ0v) is 12.6. The molecule has 1 fully saturated rings. The van der Waals surface area contributed by atoms with Gasteiger partial charge in [-0.25, -0.2) is 0 Å². The van der Waals surface area contributed by atoms with E-state index in [1.54, 1.807) is 6.07 Å². The summed E-state index contributed by atoms with van der Waals surface area (Å²) in [5.74, 6) is -0.756. The lowest BCUT2D eigenvalue weighted by atomic mass is 9.64. The minimum Gasteiger partial charge on any atom is -0.378 e. The number of ether oxygens (including phenoxy) is 1. The van der Waals surface area contributed by atoms with Crippen LogP contribution in [0.2, 0.25) is 0 Å². The van der Waals surface area contributed by atoms with Crippen LogP contribution in [0.15, 0.2) is 18.2 Å². The van der Waals surface area contributed by atoms with Crippen LogP contribution in [0, 0.1) is 21.3 Å². The predicted octanol–water partition coefficient (Wildman–Crippen LogP) is 3.03. The molecule has 0 aliphatic heterocycles. The van der Waals surface area contributed by atoms with E-state index in [2.05, 4.69) is 19.2 Å². The van der Waals surface area contributed by atoms with Crippen molar-refractivity contribution in [3.63, 3.8) is 0 Å². The molecule has 0 heterocycles. The molecule has 1 aromatic carbocycles. The molecule has 2 rings (SSSR count). The SMILES string of the molecule is CCOC1CC(NCc2cccc([N+](=O)[O-])c2F)C1(C)C. The van der Waals surface area contributed by atoms with Crippen molar-refractivity contribution in [3.8, 4) is 0 Å². The van der Waals surface area contributed by atoms with Crippen LogP contribution >= 0.6 is 0 Å². The Bertz CT molecular complexity index is 534. The largest absolute Gasteiger partial charge is 0.378 e. The molecule has 1 aliphatic rings. The summed E-state index contributed by atoms with van der Waals surface area (Å²) in [5, 5.41) is 14.0. The van der Waals surface area contributed by atoms with Gasteiger partial charge in [0.25, 0.3) is 0 Å². The van der Waals surface area contributed by atoms with Crippen molar-refractivity contribution in [1.29, 1.82) is 0 Å². The average Bonchev–Trinajstić information content (AvgIpc) is 2.43. The van der Waals surface area contributed by atoms with E-state index in [1.165, 1.54) is 12.1 Å². The summed E-state index contributed by atoms with van der Waals surface area (Å²) in [6.45, 7) is 7.15. The number of nitro benzene ring substituents is 1. The third-order valence-corrected chi connectivity index (χ3v) is 4.34. The lowest BCUT2D eigenvalue weighted by Gasteiger charge is -2.52. The standard InChI is InChI=1S/C15H21FN2O3/c1-4-21-13-8-12(15(13,2)3)17-9-10-6-5-7-11(14(10)16)18(19)20/h5-7,12-13,17H,4,8-9H2,1-3H3. The molecule has 1 N–H and O–H groups in total. The van der Waals surface area contributed by atoms with E-state index >= 15 is 0 Å². The Kier molecular flexibility index (Phi) is 4.58. The van der Waals surface area contributed by atoms with Gasteiger partial charge in [-0.3, -0.25) is 10.1 Å². The quantitative estimate of drug-likeness (QED) is 0.647. The van der Waals surface area contributed by atoms with E-state index in [0.717, 1.165) is 6.42 Å². The number of halogens is 1. The molecule has 2 unspecified atom stereocenters. The van der Waals surface area contributed by atoms with Crippen LogP contribution in [0.1, 0.15) is 32.8 Å². The predicted molar refractivity (Wildman–Crippen MR) is 77.5 cm³/mol. The highest BCUT2D eigenvalue weighted by atomic mass is 19.1. The van der Waals surface area contributed by atoms with Crippen LogP contribution in [0.4, 0.5) is 10.1 Å². The van der Waals surface area contributed by atoms with Gasteiger partial charge in [0.05, 0.1) is 11.0 Å². The smallest absolute Gasteiger partial charge is 0.305 e. The van der Waals surface area contributed by atoms with Crippen LogP contribution in [0.3, 0.4) is 0 Å². The second-order valence-electron chi connectivity index (χ2n) is 5.94. The zero-order chi connectivity index (χ0) is 15.6. The fourth-order valence-electron chi connectivity index (χ4n) is 2.79. The van der Waals surface area contributed by atoms with Crippen LogP contribution in [0.5, 0.6) is 0 Å². The van der Waals surface area contributed by atoms with E-state index < -0.39 is 16.4 Å². The van der Waals surface area contributed by atoms with Crippen LogP contribution in [-0.2, 0) is 11.3 Å². The summed E-state index contributed by atoms with van der Waals surface area (Å²) in [4.78, 5) is 10.0. The Morgan fingerprint density at radius 2 is 2.24 bits per heavy atom. The molecule has 0 bridgehead atoms. The summed E-state index contributed by atoms with van der Waals surface area (Å²) >= 11 is 0. The van der Waals surface area contributed by atoms with Crippen LogP contribution in [-0.4, -0.2) is 23.7 Å². The first-order valence-corrected chi connectivity index (χ1v) is 7.14. The molecule has 6 heteroatoms. The lowest BCUT2D eigenvalue weighted by molar-refractivity contribution is -0.387. The van der Waals surface area contributed by atoms with Crippen molar-refractivity contribution in [3.05, 3.63) is 39.7 Å². The summed E-state index contributed by atoms with van der Waals surface area (Å²) < 4.78 is 19.6. The molecule has 1 aliphatic carbocycles. The summed E-state index contributed by atoms with van der Waals surface area (Å²) in [6, 6.07) is 4.47. The summed E-state index contributed by atoms with van der Waals surface area (Å²) in [6.07, 6.45) is 1.08. The van der Waals surface area contributed by atoms with Crippen molar-refractivity contribution in [2.45, 2.75) is 45.9 Å². The molecule has 116 valence electrons. The van der Waals surface area contributed by atoms with Gasteiger partial charge in [0, 0.05) is 36.2 Å². The van der Waals surface area contributed by atoms with Gasteiger partial charge in [-0.2, -0.15) is 4.39 Å². The van der Waals surface area contributed by atoms with Crippen molar-refractivity contribution in [1.82, 2.24) is 5.32 Å². The maximum absolute atomic E-state index is 14.0. The number of nitrogens with one attached hydrogen (secondary N) is 1. The molecule has 0 amide bonds. The van der Waals surface area contributed by atoms with E-state index in [9.17, 15) is 14.5 Å². The molecule has 0 aromatic heterocycles. The summed E-state index contributed by atoms with van der Waals surface area (Å²) in [5.41, 5.74) is -0.179. The molecular formula is C15H21FN2O3. The second-order valence-corrected chi connectivity index (χ2v) is 5.94. The fourth-order valence-corrected chi connectivity index (χ4v) is 2.79. The number of rotatable bonds is 6. The minimum atomic E-state index is -0.756. The monoisotopic (exact) mass is 296 g/mol. The lowest BCUT2D eigenvalue weighted by Crippen LogP contribution is -2.60. The Hall–Kier alpha value is -1.53. The van der Waals surface area contributed by atoms with E-state index in [-0.39, 0.29) is 24.1 Å². The van der Waals surface area contributed by atoms with Gasteiger partial charge in [-0.05, 0) is 13.3 Å². The van der Waals surface area contributed by atoms with Crippen molar-refractivity contribution >= 4 is 5.69 Å².